The molecular formula is C26H25N3O2. The number of amides is 1. The molecule has 0 unspecified atom stereocenters. The van der Waals surface area contributed by atoms with Crippen molar-refractivity contribution < 1.29 is 9.53 Å². The first-order valence-corrected chi connectivity index (χ1v) is 10.4. The molecule has 3 aromatic rings. The van der Waals surface area contributed by atoms with Gasteiger partial charge in [-0.1, -0.05) is 31.4 Å². The Morgan fingerprint density at radius 3 is 2.77 bits per heavy atom. The summed E-state index contributed by atoms with van der Waals surface area (Å²) >= 11 is 0. The van der Waals surface area contributed by atoms with Gasteiger partial charge in [0.15, 0.2) is 0 Å². The highest BCUT2D eigenvalue weighted by Gasteiger charge is 2.15. The fraction of sp³-hybridized carbons (Fsp3) is 0.192. The van der Waals surface area contributed by atoms with Crippen LogP contribution in [0.25, 0.3) is 16.3 Å². The predicted octanol–water partition coefficient (Wildman–Crippen LogP) is 4.97. The zero-order chi connectivity index (χ0) is 21.6. The van der Waals surface area contributed by atoms with Gasteiger partial charge in [0, 0.05) is 17.1 Å². The van der Waals surface area contributed by atoms with Gasteiger partial charge in [-0.15, -0.1) is 5.73 Å². The molecule has 5 nitrogen and oxygen atoms in total. The first kappa shape index (κ1) is 20.6. The lowest BCUT2D eigenvalue weighted by molar-refractivity contribution is 0.102. The number of benzene rings is 2. The minimum atomic E-state index is -0.224. The molecule has 0 atom stereocenters. The Kier molecular flexibility index (Phi) is 6.27. The Hall–Kier alpha value is -3.66. The lowest BCUT2D eigenvalue weighted by atomic mass is 10.0. The van der Waals surface area contributed by atoms with E-state index in [2.05, 4.69) is 34.5 Å². The number of piperidine rings is 1. The molecule has 0 bridgehead atoms. The van der Waals surface area contributed by atoms with Gasteiger partial charge >= 0.3 is 0 Å². The summed E-state index contributed by atoms with van der Waals surface area (Å²) in [6, 6.07) is 15.1. The van der Waals surface area contributed by atoms with Gasteiger partial charge < -0.3 is 15.4 Å². The van der Waals surface area contributed by atoms with Crippen molar-refractivity contribution >= 4 is 28.1 Å². The van der Waals surface area contributed by atoms with Crippen LogP contribution in [0.4, 0.5) is 5.82 Å². The third kappa shape index (κ3) is 5.10. The Morgan fingerprint density at radius 2 is 1.97 bits per heavy atom. The number of nitrogens with one attached hydrogen (secondary N) is 2. The molecule has 1 aliphatic rings. The van der Waals surface area contributed by atoms with Gasteiger partial charge in [-0.05, 0) is 78.9 Å². The average molecular weight is 412 g/mol. The van der Waals surface area contributed by atoms with Gasteiger partial charge in [0.05, 0.1) is 0 Å². The Labute approximate surface area is 182 Å². The number of nitrogens with zero attached hydrogens (tertiary/aromatic N) is 1. The zero-order valence-electron chi connectivity index (χ0n) is 17.4. The van der Waals surface area contributed by atoms with Crippen molar-refractivity contribution in [3.63, 3.8) is 0 Å². The Bertz CT molecular complexity index is 1170. The molecule has 4 rings (SSSR count). The second-order valence-corrected chi connectivity index (χ2v) is 7.55. The summed E-state index contributed by atoms with van der Waals surface area (Å²) in [5.41, 5.74) is 5.07. The normalized spacial score (nSPS) is 13.9. The highest BCUT2D eigenvalue weighted by atomic mass is 16.5. The molecule has 1 saturated heterocycles. The average Bonchev–Trinajstić information content (AvgIpc) is 2.79. The summed E-state index contributed by atoms with van der Waals surface area (Å²) in [5.74, 6) is 0.978. The van der Waals surface area contributed by atoms with Crippen LogP contribution in [-0.4, -0.2) is 30.1 Å². The standard InChI is InChI=1S/C26H25N3O2/c1-3-5-18(2)19-8-9-21-17-28-25(16-22(21)14-19)29-26(30)20-6-4-7-24(15-20)31-23-10-12-27-13-11-23/h4-9,14-17,23,27H,1-2,10-13H2,(H,28,29,30). The highest BCUT2D eigenvalue weighted by molar-refractivity contribution is 6.04. The Morgan fingerprint density at radius 1 is 1.13 bits per heavy atom. The summed E-state index contributed by atoms with van der Waals surface area (Å²) in [4.78, 5) is 17.2. The van der Waals surface area contributed by atoms with Crippen molar-refractivity contribution in [1.82, 2.24) is 10.3 Å². The van der Waals surface area contributed by atoms with E-state index in [0.717, 1.165) is 47.8 Å². The maximum absolute atomic E-state index is 12.8. The SMILES string of the molecule is C=C=CC(=C)c1ccc2cnc(NC(=O)c3cccc(OC4CCNCC4)c3)cc2c1. The molecule has 1 aliphatic heterocycles. The molecule has 156 valence electrons. The number of pyridine rings is 1. The molecule has 1 fully saturated rings. The summed E-state index contributed by atoms with van der Waals surface area (Å²) in [5, 5.41) is 8.15. The van der Waals surface area contributed by atoms with Crippen LogP contribution >= 0.6 is 0 Å². The number of carbonyl (C=O) groups is 1. The number of rotatable bonds is 6. The maximum atomic E-state index is 12.8. The minimum absolute atomic E-state index is 0.182. The fourth-order valence-corrected chi connectivity index (χ4v) is 3.62. The van der Waals surface area contributed by atoms with Crippen LogP contribution in [0.5, 0.6) is 5.75 Å². The van der Waals surface area contributed by atoms with Crippen molar-refractivity contribution in [2.24, 2.45) is 0 Å². The molecule has 5 heteroatoms. The first-order chi connectivity index (χ1) is 15.1. The van der Waals surface area contributed by atoms with E-state index in [1.807, 2.05) is 36.4 Å². The van der Waals surface area contributed by atoms with Crippen molar-refractivity contribution in [2.45, 2.75) is 18.9 Å². The van der Waals surface area contributed by atoms with E-state index in [-0.39, 0.29) is 12.0 Å². The minimum Gasteiger partial charge on any atom is -0.490 e. The van der Waals surface area contributed by atoms with Gasteiger partial charge in [0.2, 0.25) is 0 Å². The van der Waals surface area contributed by atoms with Crippen LogP contribution < -0.4 is 15.4 Å². The predicted molar refractivity (Wildman–Crippen MR) is 125 cm³/mol. The van der Waals surface area contributed by atoms with Crippen molar-refractivity contribution in [2.75, 3.05) is 18.4 Å². The second kappa shape index (κ2) is 9.43. The maximum Gasteiger partial charge on any atom is 0.256 e. The zero-order valence-corrected chi connectivity index (χ0v) is 17.4. The number of carbonyl (C=O) groups excluding carboxylic acids is 1. The summed E-state index contributed by atoms with van der Waals surface area (Å²) in [6.45, 7) is 9.53. The van der Waals surface area contributed by atoms with Gasteiger partial charge in [-0.3, -0.25) is 4.79 Å². The number of ether oxygens (including phenoxy) is 1. The topological polar surface area (TPSA) is 63.2 Å². The molecule has 1 amide bonds. The number of allylic oxidation sites excluding steroid dienone is 2. The molecule has 2 aromatic carbocycles. The molecule has 0 aliphatic carbocycles. The first-order valence-electron chi connectivity index (χ1n) is 10.4. The fourth-order valence-electron chi connectivity index (χ4n) is 3.62. The number of hydrogen-bond donors (Lipinski definition) is 2. The smallest absolute Gasteiger partial charge is 0.256 e. The van der Waals surface area contributed by atoms with E-state index in [0.29, 0.717) is 17.1 Å². The van der Waals surface area contributed by atoms with Gasteiger partial charge in [0.25, 0.3) is 5.91 Å². The number of aromatic nitrogens is 1. The molecule has 0 saturated carbocycles. The van der Waals surface area contributed by atoms with Crippen LogP contribution in [0, 0.1) is 0 Å². The van der Waals surface area contributed by atoms with E-state index in [4.69, 9.17) is 4.74 Å². The summed E-state index contributed by atoms with van der Waals surface area (Å²) in [6.07, 6.45) is 5.60. The molecular weight excluding hydrogens is 386 g/mol. The summed E-state index contributed by atoms with van der Waals surface area (Å²) in [7, 11) is 0. The van der Waals surface area contributed by atoms with Gasteiger partial charge in [0.1, 0.15) is 17.7 Å². The molecule has 0 radical (unpaired) electrons. The van der Waals surface area contributed by atoms with Crippen LogP contribution in [0.15, 0.2) is 79.7 Å². The number of anilines is 1. The number of hydrogen-bond acceptors (Lipinski definition) is 4. The van der Waals surface area contributed by atoms with E-state index in [9.17, 15) is 4.79 Å². The van der Waals surface area contributed by atoms with E-state index in [1.165, 1.54) is 0 Å². The van der Waals surface area contributed by atoms with Crippen molar-refractivity contribution in [1.29, 1.82) is 0 Å². The van der Waals surface area contributed by atoms with Crippen LogP contribution in [0.2, 0.25) is 0 Å². The third-order valence-corrected chi connectivity index (χ3v) is 5.30. The molecule has 2 N–H and O–H groups in total. The lowest BCUT2D eigenvalue weighted by Crippen LogP contribution is -2.34. The highest BCUT2D eigenvalue weighted by Crippen LogP contribution is 2.23. The van der Waals surface area contributed by atoms with Crippen LogP contribution in [0.3, 0.4) is 0 Å². The van der Waals surface area contributed by atoms with E-state index >= 15 is 0 Å². The largest absolute Gasteiger partial charge is 0.490 e. The monoisotopic (exact) mass is 411 g/mol. The Balaban J connectivity index is 1.50. The molecule has 0 spiro atoms. The van der Waals surface area contributed by atoms with E-state index in [1.54, 1.807) is 24.4 Å². The second-order valence-electron chi connectivity index (χ2n) is 7.55. The molecule has 1 aromatic heterocycles. The number of fused-ring (bicyclic) bond motifs is 1. The summed E-state index contributed by atoms with van der Waals surface area (Å²) < 4.78 is 6.05. The van der Waals surface area contributed by atoms with E-state index < -0.39 is 0 Å². The van der Waals surface area contributed by atoms with Crippen molar-refractivity contribution in [3.8, 4) is 5.75 Å². The molecule has 31 heavy (non-hydrogen) atoms. The van der Waals surface area contributed by atoms with Gasteiger partial charge in [-0.2, -0.15) is 0 Å². The van der Waals surface area contributed by atoms with Crippen LogP contribution in [0.1, 0.15) is 28.8 Å². The third-order valence-electron chi connectivity index (χ3n) is 5.30. The lowest BCUT2D eigenvalue weighted by Gasteiger charge is -2.24. The van der Waals surface area contributed by atoms with Gasteiger partial charge in [-0.25, -0.2) is 4.98 Å². The van der Waals surface area contributed by atoms with Crippen LogP contribution in [-0.2, 0) is 0 Å². The van der Waals surface area contributed by atoms with Crippen molar-refractivity contribution in [3.05, 3.63) is 90.8 Å². The quantitative estimate of drug-likeness (QED) is 0.444. The molecule has 2 heterocycles.